The summed E-state index contributed by atoms with van der Waals surface area (Å²) in [5.41, 5.74) is 1.09. The lowest BCUT2D eigenvalue weighted by Gasteiger charge is -2.37. The maximum Gasteiger partial charge on any atom is 0.228 e. The van der Waals surface area contributed by atoms with Gasteiger partial charge in [0.15, 0.2) is 0 Å². The summed E-state index contributed by atoms with van der Waals surface area (Å²) in [7, 11) is 0. The number of rotatable bonds is 3. The Kier molecular flexibility index (Phi) is 3.39. The third-order valence-electron chi connectivity index (χ3n) is 4.52. The van der Waals surface area contributed by atoms with Gasteiger partial charge in [-0.05, 0) is 47.7 Å². The summed E-state index contributed by atoms with van der Waals surface area (Å²) in [6.07, 6.45) is 4.75. The zero-order valence-electron chi connectivity index (χ0n) is 10.6. The monoisotopic (exact) mass is 264 g/mol. The van der Waals surface area contributed by atoms with E-state index in [0.29, 0.717) is 12.5 Å². The van der Waals surface area contributed by atoms with Crippen LogP contribution in [0.5, 0.6) is 0 Å². The van der Waals surface area contributed by atoms with E-state index in [1.165, 1.54) is 24.8 Å². The molecular weight excluding hydrogens is 244 g/mol. The maximum atomic E-state index is 12.5. The van der Waals surface area contributed by atoms with Crippen molar-refractivity contribution in [1.82, 2.24) is 10.6 Å². The predicted octanol–water partition coefficient (Wildman–Crippen LogP) is 2.14. The lowest BCUT2D eigenvalue weighted by Crippen LogP contribution is -2.47. The molecule has 1 amide bonds. The van der Waals surface area contributed by atoms with E-state index >= 15 is 0 Å². The number of nitrogens with one attached hydrogen (secondary N) is 2. The lowest BCUT2D eigenvalue weighted by atomic mass is 9.67. The van der Waals surface area contributed by atoms with Crippen LogP contribution >= 0.6 is 11.3 Å². The van der Waals surface area contributed by atoms with Crippen molar-refractivity contribution >= 4 is 17.2 Å². The highest BCUT2D eigenvalue weighted by molar-refractivity contribution is 7.07. The highest BCUT2D eigenvalue weighted by atomic mass is 32.1. The number of carbonyl (C=O) groups excluding carboxylic acids is 1. The zero-order chi connectivity index (χ0) is 12.4. The Hall–Kier alpha value is -0.870. The van der Waals surface area contributed by atoms with Gasteiger partial charge in [0, 0.05) is 13.1 Å². The van der Waals surface area contributed by atoms with Crippen molar-refractivity contribution in [2.75, 3.05) is 13.1 Å². The summed E-state index contributed by atoms with van der Waals surface area (Å²) in [6.45, 7) is 2.57. The molecule has 0 radical (unpaired) electrons. The second-order valence-electron chi connectivity index (χ2n) is 5.54. The van der Waals surface area contributed by atoms with Crippen molar-refractivity contribution in [3.63, 3.8) is 0 Å². The van der Waals surface area contributed by atoms with Crippen LogP contribution in [0.3, 0.4) is 0 Å². The highest BCUT2D eigenvalue weighted by Gasteiger charge is 2.49. The van der Waals surface area contributed by atoms with Gasteiger partial charge in [0.05, 0.1) is 5.41 Å². The van der Waals surface area contributed by atoms with Gasteiger partial charge in [-0.3, -0.25) is 4.79 Å². The molecule has 18 heavy (non-hydrogen) atoms. The summed E-state index contributed by atoms with van der Waals surface area (Å²) in [5.74, 6) is 0.817. The normalized spacial score (nSPS) is 31.0. The number of fused-ring (bicyclic) bond motifs is 1. The van der Waals surface area contributed by atoms with Crippen molar-refractivity contribution < 1.29 is 4.79 Å². The quantitative estimate of drug-likeness (QED) is 0.878. The fraction of sp³-hybridized carbons (Fsp3) is 0.643. The van der Waals surface area contributed by atoms with Crippen LogP contribution in [0, 0.1) is 11.3 Å². The maximum absolute atomic E-state index is 12.5. The van der Waals surface area contributed by atoms with Crippen LogP contribution in [0.2, 0.25) is 0 Å². The van der Waals surface area contributed by atoms with Gasteiger partial charge in [0.1, 0.15) is 0 Å². The largest absolute Gasteiger partial charge is 0.351 e. The Morgan fingerprint density at radius 1 is 1.56 bits per heavy atom. The number of thiophene rings is 1. The van der Waals surface area contributed by atoms with Crippen LogP contribution < -0.4 is 10.6 Å². The lowest BCUT2D eigenvalue weighted by molar-refractivity contribution is -0.134. The summed E-state index contributed by atoms with van der Waals surface area (Å²) < 4.78 is 0. The van der Waals surface area contributed by atoms with Crippen molar-refractivity contribution in [3.05, 3.63) is 22.4 Å². The molecule has 2 N–H and O–H groups in total. The Morgan fingerprint density at radius 2 is 2.50 bits per heavy atom. The topological polar surface area (TPSA) is 41.1 Å². The van der Waals surface area contributed by atoms with E-state index in [2.05, 4.69) is 27.5 Å². The van der Waals surface area contributed by atoms with Gasteiger partial charge >= 0.3 is 0 Å². The minimum atomic E-state index is -0.117. The molecule has 1 aromatic rings. The molecule has 0 bridgehead atoms. The Labute approximate surface area is 112 Å². The fourth-order valence-electron chi connectivity index (χ4n) is 3.44. The van der Waals surface area contributed by atoms with E-state index in [9.17, 15) is 4.79 Å². The van der Waals surface area contributed by atoms with Gasteiger partial charge in [-0.2, -0.15) is 11.3 Å². The first-order chi connectivity index (χ1) is 8.81. The van der Waals surface area contributed by atoms with Crippen molar-refractivity contribution in [2.45, 2.75) is 32.2 Å². The summed E-state index contributed by atoms with van der Waals surface area (Å²) >= 11 is 1.68. The summed E-state index contributed by atoms with van der Waals surface area (Å²) in [6, 6.07) is 2.08. The molecule has 2 atom stereocenters. The van der Waals surface area contributed by atoms with E-state index in [4.69, 9.17) is 0 Å². The first-order valence-electron chi connectivity index (χ1n) is 6.81. The molecule has 1 saturated heterocycles. The second-order valence-corrected chi connectivity index (χ2v) is 6.32. The van der Waals surface area contributed by atoms with Gasteiger partial charge in [0.25, 0.3) is 0 Å². The molecule has 0 spiro atoms. The van der Waals surface area contributed by atoms with Gasteiger partial charge in [-0.25, -0.2) is 0 Å². The van der Waals surface area contributed by atoms with E-state index in [1.54, 1.807) is 11.3 Å². The number of hydrogen-bond donors (Lipinski definition) is 2. The van der Waals surface area contributed by atoms with Crippen LogP contribution in [-0.2, 0) is 11.3 Å². The first kappa shape index (κ1) is 12.2. The summed E-state index contributed by atoms with van der Waals surface area (Å²) in [4.78, 5) is 12.5. The highest BCUT2D eigenvalue weighted by Crippen LogP contribution is 2.43. The first-order valence-corrected chi connectivity index (χ1v) is 7.76. The Bertz CT molecular complexity index is 417. The molecule has 2 heterocycles. The number of amides is 1. The average molecular weight is 264 g/mol. The molecule has 1 aromatic heterocycles. The predicted molar refractivity (Wildman–Crippen MR) is 73.4 cm³/mol. The third kappa shape index (κ3) is 2.08. The third-order valence-corrected chi connectivity index (χ3v) is 5.26. The molecule has 1 aliphatic carbocycles. The molecule has 3 nitrogen and oxygen atoms in total. The molecular formula is C14H20N2OS. The molecule has 4 heteroatoms. The Morgan fingerprint density at radius 3 is 3.33 bits per heavy atom. The van der Waals surface area contributed by atoms with Gasteiger partial charge < -0.3 is 10.6 Å². The molecule has 2 fully saturated rings. The molecule has 3 rings (SSSR count). The minimum Gasteiger partial charge on any atom is -0.351 e. The van der Waals surface area contributed by atoms with Crippen molar-refractivity contribution in [1.29, 1.82) is 0 Å². The molecule has 1 saturated carbocycles. The van der Waals surface area contributed by atoms with Crippen LogP contribution in [0.4, 0.5) is 0 Å². The second kappa shape index (κ2) is 5.02. The number of hydrogen-bond acceptors (Lipinski definition) is 3. The number of carbonyl (C=O) groups is 1. The van der Waals surface area contributed by atoms with Gasteiger partial charge in [-0.1, -0.05) is 12.8 Å². The van der Waals surface area contributed by atoms with Crippen LogP contribution in [0.1, 0.15) is 31.2 Å². The fourth-order valence-corrected chi connectivity index (χ4v) is 4.11. The summed E-state index contributed by atoms with van der Waals surface area (Å²) in [5, 5.41) is 10.7. The van der Waals surface area contributed by atoms with E-state index in [1.807, 2.05) is 0 Å². The molecule has 0 aromatic carbocycles. The smallest absolute Gasteiger partial charge is 0.228 e. The average Bonchev–Trinajstić information content (AvgIpc) is 3.05. The molecule has 0 unspecified atom stereocenters. The van der Waals surface area contributed by atoms with Crippen LogP contribution in [0.25, 0.3) is 0 Å². The molecule has 2 aliphatic rings. The minimum absolute atomic E-state index is 0.117. The zero-order valence-corrected chi connectivity index (χ0v) is 11.4. The van der Waals surface area contributed by atoms with Gasteiger partial charge in [0.2, 0.25) is 5.91 Å². The van der Waals surface area contributed by atoms with E-state index in [0.717, 1.165) is 19.5 Å². The SMILES string of the molecule is O=C(NCc1ccsc1)[C@@]12CCCC[C@H]1CNC2. The van der Waals surface area contributed by atoms with Crippen molar-refractivity contribution in [3.8, 4) is 0 Å². The molecule has 1 aliphatic heterocycles. The molecule has 98 valence electrons. The van der Waals surface area contributed by atoms with Crippen molar-refractivity contribution in [2.24, 2.45) is 11.3 Å². The van der Waals surface area contributed by atoms with Gasteiger partial charge in [-0.15, -0.1) is 0 Å². The van der Waals surface area contributed by atoms with Crippen LogP contribution in [-0.4, -0.2) is 19.0 Å². The van der Waals surface area contributed by atoms with E-state index in [-0.39, 0.29) is 11.3 Å². The Balaban J connectivity index is 1.66. The van der Waals surface area contributed by atoms with Crippen LogP contribution in [0.15, 0.2) is 16.8 Å². The standard InChI is InChI=1S/C14H20N2OS/c17-13(16-7-11-4-6-18-9-11)14-5-2-1-3-12(14)8-15-10-14/h4,6,9,12,15H,1-3,5,7-8,10H2,(H,16,17)/t12-,14+/m0/s1. The van der Waals surface area contributed by atoms with E-state index < -0.39 is 0 Å².